The van der Waals surface area contributed by atoms with Crippen LogP contribution in [0.4, 0.5) is 5.69 Å². The molecule has 1 aromatic rings. The van der Waals surface area contributed by atoms with Gasteiger partial charge in [-0.05, 0) is 19.1 Å². The minimum Gasteiger partial charge on any atom is -0.453 e. The van der Waals surface area contributed by atoms with Gasteiger partial charge in [0.05, 0.1) is 15.7 Å². The second-order valence-electron chi connectivity index (χ2n) is 3.34. The summed E-state index contributed by atoms with van der Waals surface area (Å²) in [5, 5.41) is 3.14. The summed E-state index contributed by atoms with van der Waals surface area (Å²) in [5.74, 6) is -1.02. The summed E-state index contributed by atoms with van der Waals surface area (Å²) in [5.41, 5.74) is 0.305. The van der Waals surface area contributed by atoms with E-state index in [9.17, 15) is 9.59 Å². The topological polar surface area (TPSA) is 55.4 Å². The first kappa shape index (κ1) is 13.8. The third kappa shape index (κ3) is 3.91. The maximum absolute atomic E-state index is 11.6. The molecule has 1 aromatic carbocycles. The van der Waals surface area contributed by atoms with Gasteiger partial charge < -0.3 is 10.1 Å². The van der Waals surface area contributed by atoms with Crippen molar-refractivity contribution in [1.29, 1.82) is 0 Å². The molecule has 4 nitrogen and oxygen atoms in total. The van der Waals surface area contributed by atoms with Crippen molar-refractivity contribution in [1.82, 2.24) is 0 Å². The standard InChI is InChI=1S/C11H11Cl2NO3/c1-6(17-7(2)15)11(16)14-10-8(12)4-3-5-9(10)13/h3-6H,1-2H3,(H,14,16)/t6-/m0/s1. The van der Waals surface area contributed by atoms with Crippen molar-refractivity contribution in [3.05, 3.63) is 28.2 Å². The average molecular weight is 276 g/mol. The fraction of sp³-hybridized carbons (Fsp3) is 0.273. The predicted molar refractivity (Wildman–Crippen MR) is 66.3 cm³/mol. The van der Waals surface area contributed by atoms with Gasteiger partial charge in [0.1, 0.15) is 0 Å². The fourth-order valence-electron chi connectivity index (χ4n) is 1.14. The second-order valence-corrected chi connectivity index (χ2v) is 4.15. The molecule has 0 bridgehead atoms. The number of hydrogen-bond acceptors (Lipinski definition) is 3. The fourth-order valence-corrected chi connectivity index (χ4v) is 1.64. The van der Waals surface area contributed by atoms with Gasteiger partial charge in [0.25, 0.3) is 5.91 Å². The number of rotatable bonds is 3. The Morgan fingerprint density at radius 3 is 2.29 bits per heavy atom. The van der Waals surface area contributed by atoms with Crippen molar-refractivity contribution in [2.75, 3.05) is 5.32 Å². The lowest BCUT2D eigenvalue weighted by atomic mass is 10.3. The first-order chi connectivity index (χ1) is 7.91. The minimum absolute atomic E-state index is 0.305. The first-order valence-corrected chi connectivity index (χ1v) is 5.59. The Morgan fingerprint density at radius 1 is 1.29 bits per heavy atom. The van der Waals surface area contributed by atoms with Crippen LogP contribution < -0.4 is 5.32 Å². The van der Waals surface area contributed by atoms with E-state index >= 15 is 0 Å². The van der Waals surface area contributed by atoms with E-state index in [4.69, 9.17) is 27.9 Å². The highest BCUT2D eigenvalue weighted by atomic mass is 35.5. The number of hydrogen-bond donors (Lipinski definition) is 1. The van der Waals surface area contributed by atoms with Crippen molar-refractivity contribution in [3.63, 3.8) is 0 Å². The Labute approximate surface area is 109 Å². The molecule has 0 fully saturated rings. The third-order valence-corrected chi connectivity index (χ3v) is 2.55. The summed E-state index contributed by atoms with van der Waals surface area (Å²) in [6.45, 7) is 2.69. The quantitative estimate of drug-likeness (QED) is 0.863. The van der Waals surface area contributed by atoms with Gasteiger partial charge in [-0.3, -0.25) is 9.59 Å². The Morgan fingerprint density at radius 2 is 1.82 bits per heavy atom. The largest absolute Gasteiger partial charge is 0.453 e. The molecule has 0 aliphatic rings. The van der Waals surface area contributed by atoms with Crippen LogP contribution in [0.1, 0.15) is 13.8 Å². The van der Waals surface area contributed by atoms with E-state index in [0.717, 1.165) is 0 Å². The Bertz CT molecular complexity index is 428. The number of halogens is 2. The summed E-state index contributed by atoms with van der Waals surface area (Å²) in [6.07, 6.45) is -0.903. The van der Waals surface area contributed by atoms with E-state index in [1.807, 2.05) is 0 Å². The summed E-state index contributed by atoms with van der Waals surface area (Å²) in [7, 11) is 0. The molecule has 17 heavy (non-hydrogen) atoms. The molecular weight excluding hydrogens is 265 g/mol. The average Bonchev–Trinajstić information content (AvgIpc) is 2.22. The summed E-state index contributed by atoms with van der Waals surface area (Å²) in [6, 6.07) is 4.86. The normalized spacial score (nSPS) is 11.8. The molecule has 1 amide bonds. The highest BCUT2D eigenvalue weighted by molar-refractivity contribution is 6.39. The summed E-state index contributed by atoms with van der Waals surface area (Å²) < 4.78 is 4.73. The zero-order valence-electron chi connectivity index (χ0n) is 9.29. The van der Waals surface area contributed by atoms with Crippen molar-refractivity contribution < 1.29 is 14.3 Å². The van der Waals surface area contributed by atoms with Crippen molar-refractivity contribution in [2.24, 2.45) is 0 Å². The smallest absolute Gasteiger partial charge is 0.303 e. The summed E-state index contributed by atoms with van der Waals surface area (Å²) in [4.78, 5) is 22.3. The molecule has 0 aromatic heterocycles. The van der Waals surface area contributed by atoms with Crippen LogP contribution in [0.15, 0.2) is 18.2 Å². The Kier molecular flexibility index (Phi) is 4.78. The molecule has 6 heteroatoms. The van der Waals surface area contributed by atoms with Gasteiger partial charge in [-0.2, -0.15) is 0 Å². The molecule has 0 unspecified atom stereocenters. The van der Waals surface area contributed by atoms with Crippen LogP contribution in [0.25, 0.3) is 0 Å². The van der Waals surface area contributed by atoms with E-state index < -0.39 is 18.0 Å². The molecule has 1 atom stereocenters. The Balaban J connectivity index is 2.78. The number of amides is 1. The van der Waals surface area contributed by atoms with E-state index in [1.165, 1.54) is 13.8 Å². The van der Waals surface area contributed by atoms with Gasteiger partial charge in [-0.25, -0.2) is 0 Å². The number of benzene rings is 1. The van der Waals surface area contributed by atoms with Crippen molar-refractivity contribution >= 4 is 40.8 Å². The molecule has 0 aliphatic heterocycles. The molecule has 92 valence electrons. The van der Waals surface area contributed by atoms with Gasteiger partial charge in [0, 0.05) is 6.92 Å². The maximum Gasteiger partial charge on any atom is 0.303 e. The number of carbonyl (C=O) groups is 2. The predicted octanol–water partition coefficient (Wildman–Crippen LogP) is 2.88. The lowest BCUT2D eigenvalue weighted by molar-refractivity contribution is -0.150. The molecular formula is C11H11Cl2NO3. The SMILES string of the molecule is CC(=O)O[C@@H](C)C(=O)Nc1c(Cl)cccc1Cl. The van der Waals surface area contributed by atoms with E-state index in [0.29, 0.717) is 15.7 Å². The highest BCUT2D eigenvalue weighted by Gasteiger charge is 2.18. The van der Waals surface area contributed by atoms with Gasteiger partial charge >= 0.3 is 5.97 Å². The lowest BCUT2D eigenvalue weighted by Gasteiger charge is -2.13. The molecule has 0 heterocycles. The van der Waals surface area contributed by atoms with Crippen LogP contribution in [0.5, 0.6) is 0 Å². The molecule has 0 saturated heterocycles. The zero-order chi connectivity index (χ0) is 13.0. The number of carbonyl (C=O) groups excluding carboxylic acids is 2. The van der Waals surface area contributed by atoms with Crippen LogP contribution in [0.3, 0.4) is 0 Å². The number of nitrogens with one attached hydrogen (secondary N) is 1. The van der Waals surface area contributed by atoms with Gasteiger partial charge in [0.15, 0.2) is 6.10 Å². The Hall–Kier alpha value is -1.26. The number of esters is 1. The number of anilines is 1. The van der Waals surface area contributed by atoms with Crippen molar-refractivity contribution in [3.8, 4) is 0 Å². The zero-order valence-corrected chi connectivity index (χ0v) is 10.8. The van der Waals surface area contributed by atoms with Gasteiger partial charge in [-0.1, -0.05) is 29.3 Å². The van der Waals surface area contributed by atoms with Crippen molar-refractivity contribution in [2.45, 2.75) is 20.0 Å². The van der Waals surface area contributed by atoms with Crippen LogP contribution in [0, 0.1) is 0 Å². The second kappa shape index (κ2) is 5.89. The monoisotopic (exact) mass is 275 g/mol. The maximum atomic E-state index is 11.6. The molecule has 0 radical (unpaired) electrons. The molecule has 1 rings (SSSR count). The van der Waals surface area contributed by atoms with Gasteiger partial charge in [-0.15, -0.1) is 0 Å². The highest BCUT2D eigenvalue weighted by Crippen LogP contribution is 2.29. The van der Waals surface area contributed by atoms with Crippen LogP contribution >= 0.6 is 23.2 Å². The molecule has 0 spiro atoms. The summed E-state index contributed by atoms with van der Waals surface area (Å²) >= 11 is 11.8. The number of para-hydroxylation sites is 1. The molecule has 0 aliphatic carbocycles. The molecule has 0 saturated carbocycles. The molecule has 1 N–H and O–H groups in total. The van der Waals surface area contributed by atoms with Gasteiger partial charge in [0.2, 0.25) is 0 Å². The van der Waals surface area contributed by atoms with Crippen LogP contribution in [0.2, 0.25) is 10.0 Å². The first-order valence-electron chi connectivity index (χ1n) is 4.84. The van der Waals surface area contributed by atoms with Crippen LogP contribution in [-0.4, -0.2) is 18.0 Å². The minimum atomic E-state index is -0.903. The van der Waals surface area contributed by atoms with E-state index in [1.54, 1.807) is 18.2 Å². The third-order valence-electron chi connectivity index (χ3n) is 1.92. The number of ether oxygens (including phenoxy) is 1. The lowest BCUT2D eigenvalue weighted by Crippen LogP contribution is -2.29. The van der Waals surface area contributed by atoms with Crippen LogP contribution in [-0.2, 0) is 14.3 Å². The van der Waals surface area contributed by atoms with E-state index in [-0.39, 0.29) is 0 Å². The van der Waals surface area contributed by atoms with E-state index in [2.05, 4.69) is 5.32 Å².